The Morgan fingerprint density at radius 2 is 2.20 bits per heavy atom. The highest BCUT2D eigenvalue weighted by atomic mass is 35.5. The molecule has 2 rings (SSSR count). The summed E-state index contributed by atoms with van der Waals surface area (Å²) in [5.74, 6) is -0.280. The number of rotatable bonds is 8. The molecular formula is C15H20ClFN6O2. The zero-order valence-electron chi connectivity index (χ0n) is 14.0. The summed E-state index contributed by atoms with van der Waals surface area (Å²) in [5.41, 5.74) is 1.38. The molecule has 3 N–H and O–H groups in total. The molecule has 136 valence electrons. The summed E-state index contributed by atoms with van der Waals surface area (Å²) in [7, 11) is 3.96. The van der Waals surface area contributed by atoms with Gasteiger partial charge in [-0.15, -0.1) is 0 Å². The van der Waals surface area contributed by atoms with E-state index in [4.69, 9.17) is 21.3 Å². The van der Waals surface area contributed by atoms with E-state index in [2.05, 4.69) is 25.9 Å². The second kappa shape index (κ2) is 9.42. The molecular weight excluding hydrogens is 351 g/mol. The van der Waals surface area contributed by atoms with Crippen LogP contribution in [0.2, 0.25) is 5.02 Å². The highest BCUT2D eigenvalue weighted by Gasteiger charge is 2.17. The molecule has 0 unspecified atom stereocenters. The molecule has 0 saturated heterocycles. The van der Waals surface area contributed by atoms with Gasteiger partial charge in [0.05, 0.1) is 5.02 Å². The maximum Gasteiger partial charge on any atom is 0.174 e. The Morgan fingerprint density at radius 3 is 2.88 bits per heavy atom. The van der Waals surface area contributed by atoms with Crippen molar-refractivity contribution in [3.63, 3.8) is 0 Å². The van der Waals surface area contributed by atoms with Crippen molar-refractivity contribution in [2.75, 3.05) is 39.2 Å². The second-order valence-electron chi connectivity index (χ2n) is 5.44. The maximum absolute atomic E-state index is 13.3. The van der Waals surface area contributed by atoms with Crippen LogP contribution in [0.3, 0.4) is 0 Å². The van der Waals surface area contributed by atoms with Gasteiger partial charge in [0, 0.05) is 25.3 Å². The molecule has 25 heavy (non-hydrogen) atoms. The standard InChI is InChI=1S/C15H20ClFN6O2/c1-23(2)6-5-18-8-13-14(22-25-21-13)15(19-9-24)20-10-3-4-12(17)11(16)7-10/h3-4,7,18,24H,5-6,8-9H2,1-2H3,(H,19,20). The van der Waals surface area contributed by atoms with Crippen molar-refractivity contribution in [3.8, 4) is 0 Å². The van der Waals surface area contributed by atoms with E-state index < -0.39 is 12.5 Å². The Labute approximate surface area is 149 Å². The Hall–Kier alpha value is -2.07. The molecule has 0 saturated carbocycles. The third kappa shape index (κ3) is 5.75. The third-order valence-electron chi connectivity index (χ3n) is 3.22. The predicted molar refractivity (Wildman–Crippen MR) is 93.2 cm³/mol. The quantitative estimate of drug-likeness (QED) is 0.366. The molecule has 0 atom stereocenters. The molecule has 10 heteroatoms. The number of nitrogens with one attached hydrogen (secondary N) is 2. The first-order chi connectivity index (χ1) is 12.0. The molecule has 0 aliphatic carbocycles. The number of halogens is 2. The fourth-order valence-corrected chi connectivity index (χ4v) is 2.15. The minimum absolute atomic E-state index is 0.0304. The number of benzene rings is 1. The number of likely N-dealkylation sites (N-methyl/N-ethyl adjacent to an activating group) is 1. The van der Waals surface area contributed by atoms with Crippen molar-refractivity contribution in [1.82, 2.24) is 20.5 Å². The first-order valence-corrected chi connectivity index (χ1v) is 7.93. The summed E-state index contributed by atoms with van der Waals surface area (Å²) in [4.78, 5) is 6.01. The number of amidine groups is 1. The molecule has 1 heterocycles. The van der Waals surface area contributed by atoms with Gasteiger partial charge in [0.1, 0.15) is 18.2 Å². The number of hydrogen-bond acceptors (Lipinski definition) is 7. The zero-order chi connectivity index (χ0) is 18.2. The van der Waals surface area contributed by atoms with Gasteiger partial charge in [0.25, 0.3) is 0 Å². The summed E-state index contributed by atoms with van der Waals surface area (Å²) in [6.07, 6.45) is 0. The average molecular weight is 371 g/mol. The smallest absolute Gasteiger partial charge is 0.174 e. The largest absolute Gasteiger partial charge is 0.374 e. The summed E-state index contributed by atoms with van der Waals surface area (Å²) in [5, 5.41) is 23.0. The van der Waals surface area contributed by atoms with E-state index in [1.165, 1.54) is 18.2 Å². The van der Waals surface area contributed by atoms with Gasteiger partial charge in [-0.3, -0.25) is 0 Å². The Balaban J connectivity index is 2.11. The lowest BCUT2D eigenvalue weighted by Crippen LogP contribution is -2.27. The normalized spacial score (nSPS) is 12.0. The number of anilines is 1. The third-order valence-corrected chi connectivity index (χ3v) is 3.51. The summed E-state index contributed by atoms with van der Waals surface area (Å²) < 4.78 is 18.1. The van der Waals surface area contributed by atoms with Crippen LogP contribution in [-0.4, -0.2) is 60.1 Å². The predicted octanol–water partition coefficient (Wildman–Crippen LogP) is 1.32. The van der Waals surface area contributed by atoms with E-state index in [0.717, 1.165) is 13.1 Å². The lowest BCUT2D eigenvalue weighted by atomic mass is 10.2. The molecule has 0 radical (unpaired) electrons. The van der Waals surface area contributed by atoms with Crippen LogP contribution >= 0.6 is 11.6 Å². The average Bonchev–Trinajstić information content (AvgIpc) is 3.03. The summed E-state index contributed by atoms with van der Waals surface area (Å²) in [6.45, 7) is 1.58. The number of aliphatic imine (C=N–C) groups is 1. The van der Waals surface area contributed by atoms with Crippen LogP contribution in [0.5, 0.6) is 0 Å². The lowest BCUT2D eigenvalue weighted by molar-refractivity contribution is 0.300. The molecule has 0 aliphatic heterocycles. The van der Waals surface area contributed by atoms with E-state index in [1.54, 1.807) is 0 Å². The highest BCUT2D eigenvalue weighted by molar-refractivity contribution is 6.31. The van der Waals surface area contributed by atoms with Crippen LogP contribution in [0.1, 0.15) is 11.4 Å². The van der Waals surface area contributed by atoms with Gasteiger partial charge in [0.2, 0.25) is 0 Å². The van der Waals surface area contributed by atoms with Gasteiger partial charge in [-0.1, -0.05) is 16.8 Å². The van der Waals surface area contributed by atoms with Crippen LogP contribution in [0.25, 0.3) is 0 Å². The number of aliphatic hydroxyl groups is 1. The molecule has 8 nitrogen and oxygen atoms in total. The topological polar surface area (TPSA) is 98.8 Å². The molecule has 1 aromatic carbocycles. The van der Waals surface area contributed by atoms with Gasteiger partial charge in [-0.25, -0.2) is 14.0 Å². The van der Waals surface area contributed by atoms with Crippen molar-refractivity contribution >= 4 is 23.1 Å². The number of nitrogens with zero attached hydrogens (tertiary/aromatic N) is 4. The van der Waals surface area contributed by atoms with E-state index >= 15 is 0 Å². The molecule has 0 fully saturated rings. The van der Waals surface area contributed by atoms with Gasteiger partial charge in [-0.2, -0.15) is 0 Å². The first kappa shape index (κ1) is 19.3. The van der Waals surface area contributed by atoms with Gasteiger partial charge >= 0.3 is 0 Å². The Morgan fingerprint density at radius 1 is 1.40 bits per heavy atom. The molecule has 0 bridgehead atoms. The molecule has 0 spiro atoms. The number of hydrogen-bond donors (Lipinski definition) is 3. The minimum Gasteiger partial charge on any atom is -0.374 e. The van der Waals surface area contributed by atoms with Gasteiger partial charge in [0.15, 0.2) is 11.5 Å². The van der Waals surface area contributed by atoms with Crippen molar-refractivity contribution in [2.45, 2.75) is 6.54 Å². The van der Waals surface area contributed by atoms with Crippen LogP contribution in [0, 0.1) is 5.82 Å². The molecule has 1 aromatic heterocycles. The van der Waals surface area contributed by atoms with Crippen LogP contribution < -0.4 is 10.6 Å². The second-order valence-corrected chi connectivity index (χ2v) is 5.85. The number of aliphatic hydroxyl groups excluding tert-OH is 1. The SMILES string of the molecule is CN(C)CCNCc1nonc1C(=NCO)Nc1ccc(F)c(Cl)c1. The summed E-state index contributed by atoms with van der Waals surface area (Å²) >= 11 is 5.78. The van der Waals surface area contributed by atoms with Gasteiger partial charge in [-0.05, 0) is 37.5 Å². The van der Waals surface area contributed by atoms with Crippen molar-refractivity contribution < 1.29 is 14.1 Å². The lowest BCUT2D eigenvalue weighted by Gasteiger charge is -2.11. The maximum atomic E-state index is 13.3. The van der Waals surface area contributed by atoms with Crippen LogP contribution in [0.15, 0.2) is 27.8 Å². The fourth-order valence-electron chi connectivity index (χ4n) is 1.97. The molecule has 0 amide bonds. The van der Waals surface area contributed by atoms with Crippen LogP contribution in [-0.2, 0) is 6.54 Å². The van der Waals surface area contributed by atoms with Crippen molar-refractivity contribution in [1.29, 1.82) is 0 Å². The number of aromatic nitrogens is 2. The monoisotopic (exact) mass is 370 g/mol. The van der Waals surface area contributed by atoms with E-state index in [1.807, 2.05) is 19.0 Å². The van der Waals surface area contributed by atoms with Crippen molar-refractivity contribution in [3.05, 3.63) is 40.4 Å². The zero-order valence-corrected chi connectivity index (χ0v) is 14.7. The van der Waals surface area contributed by atoms with E-state index in [0.29, 0.717) is 23.6 Å². The van der Waals surface area contributed by atoms with Crippen molar-refractivity contribution in [2.24, 2.45) is 4.99 Å². The Bertz CT molecular complexity index is 722. The van der Waals surface area contributed by atoms with Crippen LogP contribution in [0.4, 0.5) is 10.1 Å². The molecule has 2 aromatic rings. The fraction of sp³-hybridized carbons (Fsp3) is 0.400. The first-order valence-electron chi connectivity index (χ1n) is 7.56. The van der Waals surface area contributed by atoms with E-state index in [-0.39, 0.29) is 10.9 Å². The summed E-state index contributed by atoms with van der Waals surface area (Å²) in [6, 6.07) is 4.13. The Kier molecular flexibility index (Phi) is 7.26. The molecule has 0 aliphatic rings. The van der Waals surface area contributed by atoms with E-state index in [9.17, 15) is 4.39 Å². The highest BCUT2D eigenvalue weighted by Crippen LogP contribution is 2.20. The van der Waals surface area contributed by atoms with Gasteiger partial charge < -0.3 is 20.6 Å². The minimum atomic E-state index is -0.526.